The van der Waals surface area contributed by atoms with E-state index in [0.717, 1.165) is 0 Å². The highest BCUT2D eigenvalue weighted by Gasteiger charge is 2.08. The van der Waals surface area contributed by atoms with Gasteiger partial charge < -0.3 is 0 Å². The maximum Gasteiger partial charge on any atom is 0.204 e. The summed E-state index contributed by atoms with van der Waals surface area (Å²) in [5.74, 6) is 0. The molecule has 0 saturated heterocycles. The van der Waals surface area contributed by atoms with E-state index in [0.29, 0.717) is 0 Å². The lowest BCUT2D eigenvalue weighted by molar-refractivity contribution is -0.437. The minimum Gasteiger partial charge on any atom is -0.203 e. The normalized spacial score (nSPS) is 11.9. The van der Waals surface area contributed by atoms with Crippen LogP contribution in [0.4, 0.5) is 5.69 Å². The van der Waals surface area contributed by atoms with Crippen molar-refractivity contribution < 1.29 is 4.58 Å². The molecule has 0 aliphatic heterocycles. The first kappa shape index (κ1) is 39.9. The molecule has 0 aliphatic carbocycles. The first-order valence-electron chi connectivity index (χ1n) is 20.0. The maximum atomic E-state index is 2.55. The number of hydrogen-bond donors (Lipinski definition) is 0. The fourth-order valence-electron chi connectivity index (χ4n) is 6.54. The predicted octanol–water partition coefficient (Wildman–Crippen LogP) is 14.9. The zero-order valence-corrected chi connectivity index (χ0v) is 29.7. The van der Waals surface area contributed by atoms with E-state index in [9.17, 15) is 0 Å². The minimum absolute atomic E-state index is 1.18. The maximum absolute atomic E-state index is 2.55. The van der Waals surface area contributed by atoms with E-state index in [2.05, 4.69) is 55.0 Å². The summed E-state index contributed by atoms with van der Waals surface area (Å²) >= 11 is 0. The van der Waals surface area contributed by atoms with Gasteiger partial charge in [0.25, 0.3) is 0 Å². The van der Waals surface area contributed by atoms with Crippen LogP contribution in [0.2, 0.25) is 0 Å². The van der Waals surface area contributed by atoms with Gasteiger partial charge in [-0.15, -0.1) is 0 Å². The Balaban J connectivity index is 2.00. The van der Waals surface area contributed by atoms with Crippen molar-refractivity contribution in [3.05, 3.63) is 30.3 Å². The molecule has 0 unspecified atom stereocenters. The fraction of sp³-hybridized carbons (Fsp3) is 0.833. The van der Waals surface area contributed by atoms with Gasteiger partial charge in [0.1, 0.15) is 12.8 Å². The lowest BCUT2D eigenvalue weighted by atomic mass is 10.0. The van der Waals surface area contributed by atoms with E-state index in [1.165, 1.54) is 218 Å². The molecule has 0 bridgehead atoms. The molecular weight excluding hydrogens is 518 g/mol. The van der Waals surface area contributed by atoms with E-state index >= 15 is 0 Å². The number of unbranched alkanes of at least 4 members (excludes halogenated alkanes) is 30. The molecule has 0 atom stereocenters. The second kappa shape index (κ2) is 33.8. The molecule has 0 N–H and O–H groups in total. The highest BCUT2D eigenvalue weighted by molar-refractivity contribution is 5.53. The summed E-state index contributed by atoms with van der Waals surface area (Å²) in [7, 11) is 0. The van der Waals surface area contributed by atoms with Crippen LogP contribution in [0.15, 0.2) is 30.3 Å². The Morgan fingerprint density at radius 3 is 1.02 bits per heavy atom. The van der Waals surface area contributed by atoms with Gasteiger partial charge in [0.05, 0.1) is 0 Å². The van der Waals surface area contributed by atoms with Gasteiger partial charge in [-0.2, -0.15) is 0 Å². The van der Waals surface area contributed by atoms with Crippen LogP contribution in [0.5, 0.6) is 0 Å². The average molecular weight is 597 g/mol. The Kier molecular flexibility index (Phi) is 31.4. The van der Waals surface area contributed by atoms with E-state index in [4.69, 9.17) is 0 Å². The number of rotatable bonds is 34. The molecule has 0 fully saturated rings. The van der Waals surface area contributed by atoms with Crippen LogP contribution in [0.1, 0.15) is 219 Å². The molecule has 0 heterocycles. The van der Waals surface area contributed by atoms with Crippen LogP contribution in [-0.2, 0) is 0 Å². The Morgan fingerprint density at radius 2 is 0.674 bits per heavy atom. The SMILES string of the molecule is CCCCCCCCCCCCCCCCCC=[N+](CCCCCCCCCCCCCCCCCC)c1ccccc1. The molecule has 1 aromatic rings. The van der Waals surface area contributed by atoms with Gasteiger partial charge in [-0.25, -0.2) is 4.58 Å². The van der Waals surface area contributed by atoms with Crippen molar-refractivity contribution in [2.75, 3.05) is 6.54 Å². The van der Waals surface area contributed by atoms with Crippen molar-refractivity contribution in [1.82, 2.24) is 0 Å². The van der Waals surface area contributed by atoms with Crippen LogP contribution in [0.3, 0.4) is 0 Å². The van der Waals surface area contributed by atoms with Crippen LogP contribution in [0, 0.1) is 0 Å². The molecular formula is C42H78N+. The molecule has 0 amide bonds. The number of para-hydroxylation sites is 1. The van der Waals surface area contributed by atoms with Gasteiger partial charge in [-0.1, -0.05) is 212 Å². The fourth-order valence-corrected chi connectivity index (χ4v) is 6.54. The Hall–Kier alpha value is -1.11. The number of hydrogen-bond acceptors (Lipinski definition) is 0. The Labute approximate surface area is 272 Å². The molecule has 0 aliphatic rings. The Bertz CT molecular complexity index is 677. The molecule has 250 valence electrons. The first-order valence-corrected chi connectivity index (χ1v) is 20.0. The second-order valence-corrected chi connectivity index (χ2v) is 13.8. The topological polar surface area (TPSA) is 3.01 Å². The molecule has 43 heavy (non-hydrogen) atoms. The summed E-state index contributed by atoms with van der Waals surface area (Å²) < 4.78 is 2.55. The van der Waals surface area contributed by atoms with E-state index in [1.54, 1.807) is 0 Å². The quantitative estimate of drug-likeness (QED) is 0.0423. The largest absolute Gasteiger partial charge is 0.204 e. The lowest BCUT2D eigenvalue weighted by Crippen LogP contribution is -2.09. The highest BCUT2D eigenvalue weighted by atomic mass is 15.0. The molecule has 0 radical (unpaired) electrons. The van der Waals surface area contributed by atoms with Gasteiger partial charge in [0, 0.05) is 25.0 Å². The van der Waals surface area contributed by atoms with Crippen molar-refractivity contribution in [2.45, 2.75) is 219 Å². The van der Waals surface area contributed by atoms with Gasteiger partial charge in [-0.05, 0) is 12.8 Å². The smallest absolute Gasteiger partial charge is 0.203 e. The third kappa shape index (κ3) is 28.1. The minimum atomic E-state index is 1.18. The molecule has 1 heteroatoms. The number of nitrogens with zero attached hydrogens (tertiary/aromatic N) is 1. The molecule has 0 saturated carbocycles. The van der Waals surface area contributed by atoms with Gasteiger partial charge in [-0.3, -0.25) is 0 Å². The molecule has 1 aromatic carbocycles. The van der Waals surface area contributed by atoms with Gasteiger partial charge >= 0.3 is 0 Å². The summed E-state index contributed by atoms with van der Waals surface area (Å²) in [4.78, 5) is 0. The van der Waals surface area contributed by atoms with E-state index in [-0.39, 0.29) is 0 Å². The third-order valence-corrected chi connectivity index (χ3v) is 9.50. The summed E-state index contributed by atoms with van der Waals surface area (Å²) in [5.41, 5.74) is 1.38. The van der Waals surface area contributed by atoms with Crippen LogP contribution in [-0.4, -0.2) is 17.3 Å². The molecule has 0 spiro atoms. The average Bonchev–Trinajstić information content (AvgIpc) is 3.03. The second-order valence-electron chi connectivity index (χ2n) is 13.8. The monoisotopic (exact) mass is 597 g/mol. The number of benzene rings is 1. The zero-order valence-electron chi connectivity index (χ0n) is 29.7. The third-order valence-electron chi connectivity index (χ3n) is 9.50. The van der Waals surface area contributed by atoms with Gasteiger partial charge in [0.2, 0.25) is 5.69 Å². The van der Waals surface area contributed by atoms with Crippen molar-refractivity contribution in [3.8, 4) is 0 Å². The van der Waals surface area contributed by atoms with Crippen molar-refractivity contribution in [2.24, 2.45) is 0 Å². The Morgan fingerprint density at radius 1 is 0.372 bits per heavy atom. The standard InChI is InChI=1S/C42H78N/c1-3-5-7-9-11-13-15-17-19-21-23-25-27-29-31-36-40-43(42-38-34-33-35-39-42)41-37-32-30-28-26-24-22-20-18-16-14-12-10-8-6-4-2/h33-35,38-40H,3-32,36-37,41H2,1-2H3/q+1. The lowest BCUT2D eigenvalue weighted by Gasteiger charge is -2.05. The summed E-state index contributed by atoms with van der Waals surface area (Å²) in [6.45, 7) is 5.80. The van der Waals surface area contributed by atoms with Crippen molar-refractivity contribution in [3.63, 3.8) is 0 Å². The van der Waals surface area contributed by atoms with Gasteiger partial charge in [0.15, 0.2) is 0 Å². The molecule has 1 nitrogen and oxygen atoms in total. The van der Waals surface area contributed by atoms with Crippen LogP contribution < -0.4 is 0 Å². The van der Waals surface area contributed by atoms with E-state index in [1.807, 2.05) is 0 Å². The first-order chi connectivity index (χ1) is 21.4. The summed E-state index contributed by atoms with van der Waals surface area (Å²) in [6.07, 6.45) is 48.3. The van der Waals surface area contributed by atoms with Crippen molar-refractivity contribution in [1.29, 1.82) is 0 Å². The predicted molar refractivity (Wildman–Crippen MR) is 196 cm³/mol. The zero-order chi connectivity index (χ0) is 30.7. The van der Waals surface area contributed by atoms with Crippen LogP contribution >= 0.6 is 0 Å². The summed E-state index contributed by atoms with van der Waals surface area (Å²) in [5, 5.41) is 0. The van der Waals surface area contributed by atoms with Crippen LogP contribution in [0.25, 0.3) is 0 Å². The molecule has 0 aromatic heterocycles. The summed E-state index contributed by atoms with van der Waals surface area (Å²) in [6, 6.07) is 11.1. The van der Waals surface area contributed by atoms with E-state index < -0.39 is 0 Å². The highest BCUT2D eigenvalue weighted by Crippen LogP contribution is 2.17. The molecule has 1 rings (SSSR count). The van der Waals surface area contributed by atoms with Crippen molar-refractivity contribution >= 4 is 11.9 Å².